The number of aryl methyl sites for hydroxylation is 1. The molecule has 2 N–H and O–H groups in total. The molecule has 3 nitrogen and oxygen atoms in total. The van der Waals surface area contributed by atoms with Crippen LogP contribution in [0.1, 0.15) is 56.4 Å². The van der Waals surface area contributed by atoms with E-state index in [0.717, 1.165) is 36.2 Å². The van der Waals surface area contributed by atoms with Crippen molar-refractivity contribution in [2.75, 3.05) is 0 Å². The maximum Gasteiger partial charge on any atom is 0.392 e. The second-order valence-corrected chi connectivity index (χ2v) is 10.6. The highest BCUT2D eigenvalue weighted by Gasteiger charge is 2.52. The first-order valence-electron chi connectivity index (χ1n) is 11.9. The lowest BCUT2D eigenvalue weighted by molar-refractivity contribution is -0.180. The van der Waals surface area contributed by atoms with Gasteiger partial charge in [0, 0.05) is 11.5 Å². The number of fused-ring (bicyclic) bond motifs is 4. The Balaban J connectivity index is 1.57. The lowest BCUT2D eigenvalue weighted by Gasteiger charge is -2.52. The average Bonchev–Trinajstić information content (AvgIpc) is 3.14. The van der Waals surface area contributed by atoms with E-state index < -0.39 is 12.1 Å². The third-order valence-corrected chi connectivity index (χ3v) is 8.11. The number of alkyl halides is 3. The molecule has 0 bridgehead atoms. The van der Waals surface area contributed by atoms with Gasteiger partial charge in [0.2, 0.25) is 0 Å². The van der Waals surface area contributed by atoms with Crippen LogP contribution in [0.25, 0.3) is 11.8 Å². The highest BCUT2D eigenvalue weighted by atomic mass is 19.4. The van der Waals surface area contributed by atoms with Gasteiger partial charge in [0.05, 0.1) is 23.5 Å². The zero-order chi connectivity index (χ0) is 23.5. The summed E-state index contributed by atoms with van der Waals surface area (Å²) in [6.07, 6.45) is 4.54. The Hall–Kier alpha value is -2.34. The first-order valence-corrected chi connectivity index (χ1v) is 11.9. The highest BCUT2D eigenvalue weighted by molar-refractivity contribution is 5.64. The standard InChI is InChI=1S/C27H32F3N3/c1-16-4-7-22(8-5-16)33-25-13-21-11-18(10-17(2)31)23-12-20(27(28,29)30)6-9-24(23)26(21,3)14-19(25)15-32-33/h4-5,7-9,13,15,17-18,20,23H,6,10-12,14,31H2,1-3H3/t17?,18?,20-,23+,26+/m1/s1. The summed E-state index contributed by atoms with van der Waals surface area (Å²) < 4.78 is 42.9. The molecule has 1 fully saturated rings. The normalized spacial score (nSPS) is 30.0. The van der Waals surface area contributed by atoms with Crippen molar-refractivity contribution in [1.82, 2.24) is 9.78 Å². The lowest BCUT2D eigenvalue weighted by atomic mass is 9.53. The average molecular weight is 456 g/mol. The van der Waals surface area contributed by atoms with Crippen LogP contribution in [0.15, 0.2) is 47.7 Å². The zero-order valence-electron chi connectivity index (χ0n) is 19.5. The van der Waals surface area contributed by atoms with E-state index in [4.69, 9.17) is 5.73 Å². The molecular formula is C27H32F3N3. The number of benzene rings is 1. The van der Waals surface area contributed by atoms with Crippen LogP contribution >= 0.6 is 0 Å². The molecule has 0 spiro atoms. The molecule has 5 atom stereocenters. The van der Waals surface area contributed by atoms with Gasteiger partial charge in [-0.25, -0.2) is 4.68 Å². The van der Waals surface area contributed by atoms with Gasteiger partial charge in [-0.3, -0.25) is 0 Å². The summed E-state index contributed by atoms with van der Waals surface area (Å²) in [6, 6.07) is 8.27. The van der Waals surface area contributed by atoms with Gasteiger partial charge >= 0.3 is 6.18 Å². The topological polar surface area (TPSA) is 43.8 Å². The van der Waals surface area contributed by atoms with Crippen molar-refractivity contribution in [1.29, 1.82) is 0 Å². The molecule has 2 aromatic rings. The van der Waals surface area contributed by atoms with Crippen molar-refractivity contribution in [3.8, 4) is 5.69 Å². The summed E-state index contributed by atoms with van der Waals surface area (Å²) in [5.41, 5.74) is 12.9. The first kappa shape index (κ1) is 22.5. The fourth-order valence-electron chi connectivity index (χ4n) is 6.41. The molecule has 5 rings (SSSR count). The molecule has 3 aliphatic carbocycles. The number of allylic oxidation sites excluding steroid dienone is 3. The minimum atomic E-state index is -4.15. The van der Waals surface area contributed by atoms with Gasteiger partial charge in [0.15, 0.2) is 0 Å². The van der Waals surface area contributed by atoms with Gasteiger partial charge in [-0.15, -0.1) is 0 Å². The third-order valence-electron chi connectivity index (χ3n) is 8.11. The van der Waals surface area contributed by atoms with E-state index in [-0.39, 0.29) is 36.1 Å². The maximum atomic E-state index is 13.6. The summed E-state index contributed by atoms with van der Waals surface area (Å²) >= 11 is 0. The molecule has 0 saturated heterocycles. The van der Waals surface area contributed by atoms with E-state index in [2.05, 4.69) is 49.3 Å². The molecule has 1 aromatic carbocycles. The van der Waals surface area contributed by atoms with Crippen LogP contribution in [-0.2, 0) is 6.42 Å². The molecule has 176 valence electrons. The van der Waals surface area contributed by atoms with Gasteiger partial charge in [-0.2, -0.15) is 18.3 Å². The number of rotatable bonds is 3. The summed E-state index contributed by atoms with van der Waals surface area (Å²) in [5, 5.41) is 4.69. The molecule has 1 heterocycles. The van der Waals surface area contributed by atoms with E-state index in [1.807, 2.05) is 23.9 Å². The Kier molecular flexibility index (Phi) is 5.35. The molecule has 6 heteroatoms. The Morgan fingerprint density at radius 1 is 1.24 bits per heavy atom. The summed E-state index contributed by atoms with van der Waals surface area (Å²) in [4.78, 5) is 0. The van der Waals surface area contributed by atoms with Crippen molar-refractivity contribution < 1.29 is 13.2 Å². The minimum Gasteiger partial charge on any atom is -0.328 e. The Morgan fingerprint density at radius 2 is 1.97 bits per heavy atom. The number of aromatic nitrogens is 2. The van der Waals surface area contributed by atoms with Crippen molar-refractivity contribution in [3.63, 3.8) is 0 Å². The molecule has 0 amide bonds. The van der Waals surface area contributed by atoms with Crippen molar-refractivity contribution in [2.24, 2.45) is 28.9 Å². The predicted molar refractivity (Wildman–Crippen MR) is 125 cm³/mol. The Morgan fingerprint density at radius 3 is 2.64 bits per heavy atom. The predicted octanol–water partition coefficient (Wildman–Crippen LogP) is 6.40. The first-order chi connectivity index (χ1) is 15.6. The lowest BCUT2D eigenvalue weighted by Crippen LogP contribution is -2.44. The highest BCUT2D eigenvalue weighted by Crippen LogP contribution is 2.59. The number of hydrogen-bond donors (Lipinski definition) is 1. The molecule has 2 unspecified atom stereocenters. The number of nitrogens with zero attached hydrogens (tertiary/aromatic N) is 2. The van der Waals surface area contributed by atoms with Gasteiger partial charge in [-0.1, -0.05) is 41.8 Å². The van der Waals surface area contributed by atoms with Gasteiger partial charge in [0.25, 0.3) is 0 Å². The van der Waals surface area contributed by atoms with Crippen LogP contribution in [0.2, 0.25) is 0 Å². The van der Waals surface area contributed by atoms with Gasteiger partial charge in [0.1, 0.15) is 0 Å². The number of hydrogen-bond acceptors (Lipinski definition) is 2. The monoisotopic (exact) mass is 455 g/mol. The van der Waals surface area contributed by atoms with Crippen molar-refractivity contribution in [3.05, 3.63) is 64.5 Å². The van der Waals surface area contributed by atoms with Crippen LogP contribution < -0.4 is 5.73 Å². The van der Waals surface area contributed by atoms with Crippen LogP contribution in [0.3, 0.4) is 0 Å². The van der Waals surface area contributed by atoms with Crippen molar-refractivity contribution >= 4 is 6.08 Å². The summed E-state index contributed by atoms with van der Waals surface area (Å²) in [7, 11) is 0. The molecular weight excluding hydrogens is 423 g/mol. The Labute approximate surface area is 193 Å². The van der Waals surface area contributed by atoms with E-state index in [1.165, 1.54) is 16.7 Å². The SMILES string of the molecule is Cc1ccc(-n2ncc3c2C=C2CC(CC(C)N)[C@@H]4C[C@H](C(F)(F)F)CC=C4[C@@]2(C)C3)cc1. The summed E-state index contributed by atoms with van der Waals surface area (Å²) in [5.74, 6) is -1.18. The second-order valence-electron chi connectivity index (χ2n) is 10.6. The molecule has 3 aliphatic rings. The van der Waals surface area contributed by atoms with E-state index in [9.17, 15) is 13.2 Å². The van der Waals surface area contributed by atoms with Crippen LogP contribution in [0.4, 0.5) is 13.2 Å². The van der Waals surface area contributed by atoms with Gasteiger partial charge in [-0.05, 0) is 81.6 Å². The van der Waals surface area contributed by atoms with Crippen LogP contribution in [0.5, 0.6) is 0 Å². The minimum absolute atomic E-state index is 0.0373. The van der Waals surface area contributed by atoms with Crippen LogP contribution in [-0.4, -0.2) is 22.0 Å². The molecule has 0 aliphatic heterocycles. The fourth-order valence-corrected chi connectivity index (χ4v) is 6.41. The molecule has 1 aromatic heterocycles. The van der Waals surface area contributed by atoms with E-state index >= 15 is 0 Å². The second kappa shape index (κ2) is 7.86. The Bertz CT molecular complexity index is 1110. The maximum absolute atomic E-state index is 13.6. The fraction of sp³-hybridized carbons (Fsp3) is 0.519. The van der Waals surface area contributed by atoms with Gasteiger partial charge < -0.3 is 5.73 Å². The van der Waals surface area contributed by atoms with Crippen LogP contribution in [0, 0.1) is 30.1 Å². The zero-order valence-corrected chi connectivity index (χ0v) is 19.5. The van der Waals surface area contributed by atoms with E-state index in [0.29, 0.717) is 0 Å². The largest absolute Gasteiger partial charge is 0.392 e. The molecule has 33 heavy (non-hydrogen) atoms. The quantitative estimate of drug-likeness (QED) is 0.545. The molecule has 1 saturated carbocycles. The molecule has 0 radical (unpaired) electrons. The van der Waals surface area contributed by atoms with E-state index in [1.54, 1.807) is 0 Å². The number of nitrogens with two attached hydrogens (primary N) is 1. The number of halogens is 3. The third kappa shape index (κ3) is 3.86. The van der Waals surface area contributed by atoms with Crippen molar-refractivity contribution in [2.45, 2.75) is 65.1 Å². The summed E-state index contributed by atoms with van der Waals surface area (Å²) in [6.45, 7) is 6.24. The smallest absolute Gasteiger partial charge is 0.328 e.